The van der Waals surface area contributed by atoms with E-state index in [-0.39, 0.29) is 35.1 Å². The highest BCUT2D eigenvalue weighted by molar-refractivity contribution is 14.0. The second-order valence-electron chi connectivity index (χ2n) is 6.13. The van der Waals surface area contributed by atoms with E-state index in [0.717, 1.165) is 24.4 Å². The third-order valence-corrected chi connectivity index (χ3v) is 5.36. The summed E-state index contributed by atoms with van der Waals surface area (Å²) in [5.74, 6) is 0.885. The van der Waals surface area contributed by atoms with E-state index in [0.29, 0.717) is 18.9 Å². The molecule has 1 fully saturated rings. The molecular weight excluding hydrogens is 461 g/mol. The topological polar surface area (TPSA) is 70.6 Å². The average molecular weight is 486 g/mol. The zero-order valence-corrected chi connectivity index (χ0v) is 17.9. The van der Waals surface area contributed by atoms with E-state index in [2.05, 4.69) is 21.7 Å². The Morgan fingerprint density at radius 2 is 2.04 bits per heavy atom. The Labute approximate surface area is 166 Å². The minimum absolute atomic E-state index is 0. The Kier molecular flexibility index (Phi) is 8.28. The van der Waals surface area contributed by atoms with E-state index in [1.807, 2.05) is 18.2 Å². The summed E-state index contributed by atoms with van der Waals surface area (Å²) < 4.78 is 22.2. The number of halogens is 2. The molecule has 0 saturated heterocycles. The molecule has 0 amide bonds. The van der Waals surface area contributed by atoms with Crippen LogP contribution >= 0.6 is 35.6 Å². The summed E-state index contributed by atoms with van der Waals surface area (Å²) >= 11 is 6.08. The number of rotatable bonds is 7. The van der Waals surface area contributed by atoms with Gasteiger partial charge >= 0.3 is 0 Å². The smallest absolute Gasteiger partial charge is 0.191 e. The van der Waals surface area contributed by atoms with Crippen molar-refractivity contribution in [3.05, 3.63) is 34.9 Å². The number of hydrogen-bond donors (Lipinski definition) is 2. The van der Waals surface area contributed by atoms with Crippen LogP contribution < -0.4 is 10.6 Å². The summed E-state index contributed by atoms with van der Waals surface area (Å²) in [7, 11) is -1.19. The normalized spacial score (nSPS) is 16.2. The van der Waals surface area contributed by atoms with E-state index < -0.39 is 9.84 Å². The molecule has 1 aromatic rings. The zero-order valence-electron chi connectivity index (χ0n) is 14.0. The number of sulfone groups is 1. The van der Waals surface area contributed by atoms with Crippen molar-refractivity contribution in [2.75, 3.05) is 32.1 Å². The molecule has 0 radical (unpaired) electrons. The van der Waals surface area contributed by atoms with E-state index in [1.54, 1.807) is 7.05 Å². The predicted octanol–water partition coefficient (Wildman–Crippen LogP) is 2.59. The van der Waals surface area contributed by atoms with Crippen LogP contribution in [0.3, 0.4) is 0 Å². The average Bonchev–Trinajstić information content (AvgIpc) is 3.27. The number of nitrogens with zero attached hydrogens (tertiary/aromatic N) is 1. The molecule has 5 nitrogen and oxygen atoms in total. The standard InChI is InChI=1S/C16H24ClN3O2S.HI/c1-18-15(19-9-4-10-23(2,21)22)20-12-16(7-8-16)13-5-3-6-14(17)11-13;/h3,5-6,11H,4,7-10,12H2,1-2H3,(H2,18,19,20);1H. The van der Waals surface area contributed by atoms with Crippen LogP contribution in [0.1, 0.15) is 24.8 Å². The Morgan fingerprint density at radius 3 is 2.58 bits per heavy atom. The molecule has 0 aliphatic heterocycles. The van der Waals surface area contributed by atoms with Crippen molar-refractivity contribution in [1.29, 1.82) is 0 Å². The van der Waals surface area contributed by atoms with E-state index in [4.69, 9.17) is 11.6 Å². The third-order valence-electron chi connectivity index (χ3n) is 4.09. The Balaban J connectivity index is 0.00000288. The van der Waals surface area contributed by atoms with Crippen LogP contribution in [0.2, 0.25) is 5.02 Å². The van der Waals surface area contributed by atoms with Gasteiger partial charge in [-0.15, -0.1) is 24.0 Å². The largest absolute Gasteiger partial charge is 0.356 e. The fourth-order valence-corrected chi connectivity index (χ4v) is 3.41. The van der Waals surface area contributed by atoms with Crippen molar-refractivity contribution in [1.82, 2.24) is 10.6 Å². The second-order valence-corrected chi connectivity index (χ2v) is 8.82. The highest BCUT2D eigenvalue weighted by Crippen LogP contribution is 2.48. The number of aliphatic imine (C=N–C) groups is 1. The fourth-order valence-electron chi connectivity index (χ4n) is 2.55. The second kappa shape index (κ2) is 9.24. The van der Waals surface area contributed by atoms with Gasteiger partial charge in [-0.3, -0.25) is 4.99 Å². The molecule has 0 aromatic heterocycles. The van der Waals surface area contributed by atoms with Crippen molar-refractivity contribution >= 4 is 51.4 Å². The van der Waals surface area contributed by atoms with Gasteiger partial charge in [0, 0.05) is 36.8 Å². The van der Waals surface area contributed by atoms with Crippen LogP contribution in [0.5, 0.6) is 0 Å². The van der Waals surface area contributed by atoms with E-state index in [9.17, 15) is 8.42 Å². The number of benzene rings is 1. The maximum absolute atomic E-state index is 11.1. The summed E-state index contributed by atoms with van der Waals surface area (Å²) in [6, 6.07) is 8.01. The molecule has 2 rings (SSSR count). The van der Waals surface area contributed by atoms with Crippen LogP contribution in [0, 0.1) is 0 Å². The van der Waals surface area contributed by atoms with Crippen molar-refractivity contribution in [3.8, 4) is 0 Å². The molecule has 0 heterocycles. The van der Waals surface area contributed by atoms with Crippen LogP contribution in [0.15, 0.2) is 29.3 Å². The van der Waals surface area contributed by atoms with Crippen LogP contribution in [-0.4, -0.2) is 46.5 Å². The molecule has 0 bridgehead atoms. The predicted molar refractivity (Wildman–Crippen MR) is 111 cm³/mol. The lowest BCUT2D eigenvalue weighted by Gasteiger charge is -2.19. The Morgan fingerprint density at radius 1 is 1.33 bits per heavy atom. The minimum atomic E-state index is -2.91. The molecule has 0 atom stereocenters. The Hall–Kier alpha value is -0.540. The highest BCUT2D eigenvalue weighted by Gasteiger charge is 2.44. The summed E-state index contributed by atoms with van der Waals surface area (Å²) in [6.07, 6.45) is 4.08. The van der Waals surface area contributed by atoms with Crippen molar-refractivity contribution in [2.45, 2.75) is 24.7 Å². The number of nitrogens with one attached hydrogen (secondary N) is 2. The maximum atomic E-state index is 11.1. The van der Waals surface area contributed by atoms with Crippen molar-refractivity contribution in [3.63, 3.8) is 0 Å². The van der Waals surface area contributed by atoms with Gasteiger partial charge in [-0.25, -0.2) is 8.42 Å². The molecule has 1 aliphatic carbocycles. The van der Waals surface area contributed by atoms with Gasteiger partial charge in [0.25, 0.3) is 0 Å². The van der Waals surface area contributed by atoms with Gasteiger partial charge in [0.15, 0.2) is 5.96 Å². The van der Waals surface area contributed by atoms with Crippen LogP contribution in [-0.2, 0) is 15.3 Å². The van der Waals surface area contributed by atoms with Gasteiger partial charge in [0.05, 0.1) is 5.75 Å². The monoisotopic (exact) mass is 485 g/mol. The van der Waals surface area contributed by atoms with Gasteiger partial charge in [-0.1, -0.05) is 23.7 Å². The highest BCUT2D eigenvalue weighted by atomic mass is 127. The van der Waals surface area contributed by atoms with Gasteiger partial charge in [0.1, 0.15) is 9.84 Å². The molecule has 8 heteroatoms. The molecular formula is C16H25ClIN3O2S. The molecule has 1 aromatic carbocycles. The van der Waals surface area contributed by atoms with Crippen molar-refractivity contribution < 1.29 is 8.42 Å². The quantitative estimate of drug-likeness (QED) is 0.270. The molecule has 136 valence electrons. The van der Waals surface area contributed by atoms with Gasteiger partial charge in [-0.05, 0) is 37.0 Å². The Bertz CT molecular complexity index is 676. The van der Waals surface area contributed by atoms with Gasteiger partial charge in [-0.2, -0.15) is 0 Å². The minimum Gasteiger partial charge on any atom is -0.356 e. The lowest BCUT2D eigenvalue weighted by Crippen LogP contribution is -2.41. The molecule has 1 saturated carbocycles. The molecule has 0 spiro atoms. The fraction of sp³-hybridized carbons (Fsp3) is 0.562. The zero-order chi connectivity index (χ0) is 16.9. The maximum Gasteiger partial charge on any atom is 0.191 e. The summed E-state index contributed by atoms with van der Waals surface area (Å²) in [4.78, 5) is 4.18. The molecule has 2 N–H and O–H groups in total. The van der Waals surface area contributed by atoms with Crippen LogP contribution in [0.25, 0.3) is 0 Å². The third kappa shape index (κ3) is 6.76. The molecule has 0 unspecified atom stereocenters. The summed E-state index contributed by atoms with van der Waals surface area (Å²) in [5, 5.41) is 7.25. The summed E-state index contributed by atoms with van der Waals surface area (Å²) in [5.41, 5.74) is 1.39. The lowest BCUT2D eigenvalue weighted by molar-refractivity contribution is 0.598. The lowest BCUT2D eigenvalue weighted by atomic mass is 9.96. The molecule has 1 aliphatic rings. The molecule has 24 heavy (non-hydrogen) atoms. The van der Waals surface area contributed by atoms with Gasteiger partial charge < -0.3 is 10.6 Å². The summed E-state index contributed by atoms with van der Waals surface area (Å²) in [6.45, 7) is 1.37. The first-order valence-corrected chi connectivity index (χ1v) is 10.2. The number of hydrogen-bond acceptors (Lipinski definition) is 3. The van der Waals surface area contributed by atoms with E-state index >= 15 is 0 Å². The first-order valence-electron chi connectivity index (χ1n) is 7.73. The first-order chi connectivity index (χ1) is 10.8. The van der Waals surface area contributed by atoms with E-state index in [1.165, 1.54) is 11.8 Å². The van der Waals surface area contributed by atoms with Crippen LogP contribution in [0.4, 0.5) is 0 Å². The number of guanidine groups is 1. The van der Waals surface area contributed by atoms with Gasteiger partial charge in [0.2, 0.25) is 0 Å². The first kappa shape index (κ1) is 21.5. The SMILES string of the molecule is CN=C(NCCCS(C)(=O)=O)NCC1(c2cccc(Cl)c2)CC1.I. The van der Waals surface area contributed by atoms with Crippen molar-refractivity contribution in [2.24, 2.45) is 4.99 Å².